The maximum Gasteiger partial charge on any atom is 0.197 e. The average Bonchev–Trinajstić information content (AvgIpc) is 3.23. The maximum atomic E-state index is 13.3. The van der Waals surface area contributed by atoms with E-state index >= 15 is 0 Å². The lowest BCUT2D eigenvalue weighted by Gasteiger charge is -2.33. The van der Waals surface area contributed by atoms with Crippen LogP contribution >= 0.6 is 11.8 Å². The van der Waals surface area contributed by atoms with Crippen molar-refractivity contribution < 1.29 is 9.13 Å². The highest BCUT2D eigenvalue weighted by Crippen LogP contribution is 2.38. The van der Waals surface area contributed by atoms with E-state index in [1.165, 1.54) is 23.9 Å². The van der Waals surface area contributed by atoms with Gasteiger partial charge in [-0.3, -0.25) is 4.40 Å². The van der Waals surface area contributed by atoms with E-state index in [9.17, 15) is 9.65 Å². The molecule has 0 unspecified atom stereocenters. The summed E-state index contributed by atoms with van der Waals surface area (Å²) in [6, 6.07) is 18.6. The first-order chi connectivity index (χ1) is 15.9. The van der Waals surface area contributed by atoms with Crippen LogP contribution in [0.25, 0.3) is 5.65 Å². The fourth-order valence-corrected chi connectivity index (χ4v) is 4.91. The molecule has 0 amide bonds. The average molecular weight is 460 g/mol. The van der Waals surface area contributed by atoms with Gasteiger partial charge in [0.1, 0.15) is 17.7 Å². The summed E-state index contributed by atoms with van der Waals surface area (Å²) in [5, 5.41) is 23.2. The number of hydrogen-bond donors (Lipinski definition) is 1. The molecule has 0 saturated carbocycles. The first kappa shape index (κ1) is 21.4. The Hall–Kier alpha value is -3.41. The van der Waals surface area contributed by atoms with E-state index in [1.807, 2.05) is 48.6 Å². The molecule has 0 spiro atoms. The van der Waals surface area contributed by atoms with Crippen molar-refractivity contribution in [1.82, 2.24) is 14.6 Å². The Kier molecular flexibility index (Phi) is 5.52. The Bertz CT molecular complexity index is 1360. The third-order valence-electron chi connectivity index (χ3n) is 5.67. The van der Waals surface area contributed by atoms with Crippen molar-refractivity contribution in [3.05, 3.63) is 82.7 Å². The first-order valence-corrected chi connectivity index (χ1v) is 11.6. The minimum absolute atomic E-state index is 0.265. The number of thioether (sulfide) groups is 1. The minimum Gasteiger partial charge on any atom is -0.370 e. The van der Waals surface area contributed by atoms with Crippen LogP contribution in [0, 0.1) is 17.1 Å². The van der Waals surface area contributed by atoms with Crippen molar-refractivity contribution in [1.29, 1.82) is 5.26 Å². The number of fused-ring (bicyclic) bond motifs is 3. The van der Waals surface area contributed by atoms with Crippen LogP contribution < -0.4 is 5.32 Å². The molecule has 2 aromatic carbocycles. The molecule has 2 aromatic heterocycles. The number of pyridine rings is 1. The Morgan fingerprint density at radius 1 is 1.12 bits per heavy atom. The molecule has 8 heteroatoms. The van der Waals surface area contributed by atoms with E-state index < -0.39 is 0 Å². The highest BCUT2D eigenvalue weighted by Gasteiger charge is 2.33. The van der Waals surface area contributed by atoms with Crippen molar-refractivity contribution >= 4 is 28.9 Å². The SMILES string of the molecule is CC1(C)Cc2c(C#N)c(Nc3ccccc3)n3c(SCc4ccc(F)cc4)nnc3c2CO1. The number of halogens is 1. The zero-order chi connectivity index (χ0) is 23.0. The molecule has 166 valence electrons. The Balaban J connectivity index is 1.65. The quantitative estimate of drug-likeness (QED) is 0.390. The molecule has 33 heavy (non-hydrogen) atoms. The first-order valence-electron chi connectivity index (χ1n) is 10.6. The molecule has 0 fully saturated rings. The zero-order valence-corrected chi connectivity index (χ0v) is 19.1. The van der Waals surface area contributed by atoms with Crippen LogP contribution in [0.4, 0.5) is 15.9 Å². The molecule has 1 aliphatic rings. The molecule has 0 radical (unpaired) electrons. The van der Waals surface area contributed by atoms with Crippen LogP contribution in [-0.4, -0.2) is 20.2 Å². The lowest BCUT2D eigenvalue weighted by molar-refractivity contribution is -0.0397. The number of aromatic nitrogens is 3. The van der Waals surface area contributed by atoms with Gasteiger partial charge in [-0.1, -0.05) is 42.1 Å². The van der Waals surface area contributed by atoms with E-state index in [1.54, 1.807) is 12.1 Å². The molecule has 0 atom stereocenters. The molecule has 0 bridgehead atoms. The number of hydrogen-bond acceptors (Lipinski definition) is 6. The van der Waals surface area contributed by atoms with Crippen LogP contribution in [0.2, 0.25) is 0 Å². The van der Waals surface area contributed by atoms with Crippen molar-refractivity contribution in [2.24, 2.45) is 0 Å². The molecule has 1 aliphatic heterocycles. The Morgan fingerprint density at radius 2 is 1.88 bits per heavy atom. The van der Waals surface area contributed by atoms with Gasteiger partial charge in [-0.25, -0.2) is 4.39 Å². The Morgan fingerprint density at radius 3 is 2.61 bits per heavy atom. The fraction of sp³-hybridized carbons (Fsp3) is 0.240. The number of anilines is 2. The largest absolute Gasteiger partial charge is 0.370 e. The summed E-state index contributed by atoms with van der Waals surface area (Å²) in [5.74, 6) is 0.968. The summed E-state index contributed by atoms with van der Waals surface area (Å²) < 4.78 is 21.2. The van der Waals surface area contributed by atoms with Gasteiger partial charge in [0.2, 0.25) is 0 Å². The number of nitriles is 1. The molecule has 0 aliphatic carbocycles. The van der Waals surface area contributed by atoms with Crippen molar-refractivity contribution in [3.8, 4) is 6.07 Å². The van der Waals surface area contributed by atoms with Gasteiger partial charge in [0.15, 0.2) is 10.8 Å². The molecular formula is C25H22FN5OS. The second kappa shape index (κ2) is 8.50. The molecule has 6 nitrogen and oxygen atoms in total. The number of nitrogens with zero attached hydrogens (tertiary/aromatic N) is 4. The number of rotatable bonds is 5. The van der Waals surface area contributed by atoms with Gasteiger partial charge in [-0.15, -0.1) is 10.2 Å². The lowest BCUT2D eigenvalue weighted by atomic mass is 9.89. The predicted octanol–water partition coefficient (Wildman–Crippen LogP) is 5.63. The summed E-state index contributed by atoms with van der Waals surface area (Å²) in [4.78, 5) is 0. The minimum atomic E-state index is -0.374. The monoisotopic (exact) mass is 459 g/mol. The van der Waals surface area contributed by atoms with Gasteiger partial charge in [-0.2, -0.15) is 5.26 Å². The third-order valence-corrected chi connectivity index (χ3v) is 6.67. The van der Waals surface area contributed by atoms with Crippen LogP contribution in [-0.2, 0) is 23.5 Å². The molecule has 0 saturated heterocycles. The van der Waals surface area contributed by atoms with E-state index in [-0.39, 0.29) is 11.4 Å². The van der Waals surface area contributed by atoms with Gasteiger partial charge < -0.3 is 10.1 Å². The van der Waals surface area contributed by atoms with Gasteiger partial charge in [0.05, 0.1) is 17.8 Å². The molecule has 4 aromatic rings. The van der Waals surface area contributed by atoms with E-state index in [2.05, 4.69) is 21.6 Å². The molecular weight excluding hydrogens is 437 g/mol. The van der Waals surface area contributed by atoms with Crippen LogP contribution in [0.15, 0.2) is 59.8 Å². The third kappa shape index (κ3) is 4.17. The zero-order valence-electron chi connectivity index (χ0n) is 18.3. The highest BCUT2D eigenvalue weighted by atomic mass is 32.2. The summed E-state index contributed by atoms with van der Waals surface area (Å²) in [6.45, 7) is 4.42. The molecule has 3 heterocycles. The van der Waals surface area contributed by atoms with Gasteiger partial charge in [0, 0.05) is 23.4 Å². The van der Waals surface area contributed by atoms with Crippen molar-refractivity contribution in [2.45, 2.75) is 43.4 Å². The topological polar surface area (TPSA) is 75.2 Å². The fourth-order valence-electron chi connectivity index (χ4n) is 4.02. The summed E-state index contributed by atoms with van der Waals surface area (Å²) >= 11 is 1.49. The summed E-state index contributed by atoms with van der Waals surface area (Å²) in [7, 11) is 0. The van der Waals surface area contributed by atoms with Crippen LogP contribution in [0.1, 0.15) is 36.1 Å². The number of benzene rings is 2. The number of para-hydroxylation sites is 1. The molecule has 1 N–H and O–H groups in total. The van der Waals surface area contributed by atoms with Crippen molar-refractivity contribution in [2.75, 3.05) is 5.32 Å². The highest BCUT2D eigenvalue weighted by molar-refractivity contribution is 7.98. The van der Waals surface area contributed by atoms with Gasteiger partial charge in [0.25, 0.3) is 0 Å². The molecule has 5 rings (SSSR count). The smallest absolute Gasteiger partial charge is 0.197 e. The standard InChI is InChI=1S/C25H22FN5OS/c1-25(2)12-19-20(13-27)22(28-18-6-4-3-5-7-18)31-23(21(19)14-32-25)29-30-24(31)33-15-16-8-10-17(26)11-9-16/h3-11,28H,12,14-15H2,1-2H3. The van der Waals surface area contributed by atoms with Crippen LogP contribution in [0.3, 0.4) is 0 Å². The lowest BCUT2D eigenvalue weighted by Crippen LogP contribution is -2.33. The van der Waals surface area contributed by atoms with Gasteiger partial charge >= 0.3 is 0 Å². The van der Waals surface area contributed by atoms with E-state index in [4.69, 9.17) is 4.74 Å². The number of ether oxygens (including phenoxy) is 1. The second-order valence-electron chi connectivity index (χ2n) is 8.57. The predicted molar refractivity (Wildman–Crippen MR) is 126 cm³/mol. The normalized spacial score (nSPS) is 14.6. The van der Waals surface area contributed by atoms with Crippen molar-refractivity contribution in [3.63, 3.8) is 0 Å². The maximum absolute atomic E-state index is 13.3. The summed E-state index contributed by atoms with van der Waals surface area (Å²) in [5.41, 5.74) is 4.55. The second-order valence-corrected chi connectivity index (χ2v) is 9.51. The van der Waals surface area contributed by atoms with E-state index in [0.717, 1.165) is 22.4 Å². The van der Waals surface area contributed by atoms with Crippen LogP contribution in [0.5, 0.6) is 0 Å². The summed E-state index contributed by atoms with van der Waals surface area (Å²) in [6.07, 6.45) is 0.607. The number of nitrogens with one attached hydrogen (secondary N) is 1. The van der Waals surface area contributed by atoms with Gasteiger partial charge in [-0.05, 0) is 49.2 Å². The van der Waals surface area contributed by atoms with E-state index in [0.29, 0.717) is 41.0 Å². The Labute approximate surface area is 195 Å².